The predicted octanol–water partition coefficient (Wildman–Crippen LogP) is 1.90. The van der Waals surface area contributed by atoms with Crippen LogP contribution in [-0.2, 0) is 18.8 Å². The van der Waals surface area contributed by atoms with Crippen molar-refractivity contribution in [3.63, 3.8) is 0 Å². The third-order valence-corrected chi connectivity index (χ3v) is 5.01. The minimum atomic E-state index is -0.509. The number of hydrogen-bond acceptors (Lipinski definition) is 5. The predicted molar refractivity (Wildman–Crippen MR) is 107 cm³/mol. The zero-order chi connectivity index (χ0) is 20.1. The van der Waals surface area contributed by atoms with Crippen LogP contribution in [0.15, 0.2) is 16.9 Å². The molecule has 1 amide bonds. The second kappa shape index (κ2) is 6.51. The Morgan fingerprint density at radius 2 is 1.74 bits per heavy atom. The topological polar surface area (TPSA) is 85.7 Å². The van der Waals surface area contributed by atoms with Crippen molar-refractivity contribution in [2.24, 2.45) is 14.1 Å². The highest BCUT2D eigenvalue weighted by Gasteiger charge is 2.31. The fourth-order valence-corrected chi connectivity index (χ4v) is 3.61. The minimum absolute atomic E-state index is 0.0757. The third kappa shape index (κ3) is 3.48. The normalized spacial score (nSPS) is 18.2. The van der Waals surface area contributed by atoms with E-state index in [9.17, 15) is 9.59 Å². The van der Waals surface area contributed by atoms with Gasteiger partial charge in [-0.2, -0.15) is 0 Å². The van der Waals surface area contributed by atoms with Crippen molar-refractivity contribution in [2.75, 3.05) is 30.3 Å². The first-order valence-electron chi connectivity index (χ1n) is 9.19. The molecule has 1 fully saturated rings. The van der Waals surface area contributed by atoms with E-state index in [4.69, 9.17) is 10.5 Å². The van der Waals surface area contributed by atoms with Gasteiger partial charge in [-0.25, -0.2) is 9.59 Å². The summed E-state index contributed by atoms with van der Waals surface area (Å²) in [7, 11) is 3.50. The van der Waals surface area contributed by atoms with Gasteiger partial charge in [0.25, 0.3) is 0 Å². The number of fused-ring (bicyclic) bond motifs is 1. The smallest absolute Gasteiger partial charge is 0.410 e. The van der Waals surface area contributed by atoms with Gasteiger partial charge in [0, 0.05) is 39.8 Å². The maximum absolute atomic E-state index is 12.3. The van der Waals surface area contributed by atoms with Crippen LogP contribution in [0.5, 0.6) is 0 Å². The van der Waals surface area contributed by atoms with Crippen molar-refractivity contribution < 1.29 is 9.53 Å². The van der Waals surface area contributed by atoms with Crippen LogP contribution >= 0.6 is 0 Å². The highest BCUT2D eigenvalue weighted by atomic mass is 16.6. The second-order valence-corrected chi connectivity index (χ2v) is 8.27. The Morgan fingerprint density at radius 1 is 1.15 bits per heavy atom. The number of nitrogens with two attached hydrogens (primary N) is 1. The highest BCUT2D eigenvalue weighted by molar-refractivity contribution is 5.88. The lowest BCUT2D eigenvalue weighted by molar-refractivity contribution is 0.0219. The fourth-order valence-electron chi connectivity index (χ4n) is 3.61. The molecule has 8 nitrogen and oxygen atoms in total. The molecule has 2 heterocycles. The van der Waals surface area contributed by atoms with Crippen LogP contribution in [0.25, 0.3) is 11.0 Å². The van der Waals surface area contributed by atoms with Gasteiger partial charge in [-0.1, -0.05) is 0 Å². The molecule has 8 heteroatoms. The van der Waals surface area contributed by atoms with Crippen molar-refractivity contribution in [1.29, 1.82) is 0 Å². The highest BCUT2D eigenvalue weighted by Crippen LogP contribution is 2.31. The Bertz CT molecular complexity index is 937. The molecule has 2 N–H and O–H groups in total. The number of hydrogen-bond donors (Lipinski definition) is 1. The van der Waals surface area contributed by atoms with Crippen LogP contribution in [0.4, 0.5) is 16.2 Å². The number of aromatic nitrogens is 2. The van der Waals surface area contributed by atoms with Crippen LogP contribution in [0.3, 0.4) is 0 Å². The largest absolute Gasteiger partial charge is 0.444 e. The van der Waals surface area contributed by atoms with E-state index < -0.39 is 5.60 Å². The molecule has 0 radical (unpaired) electrons. The number of nitrogen functional groups attached to an aromatic ring is 1. The first-order chi connectivity index (χ1) is 12.5. The Hall–Kier alpha value is -2.64. The molecule has 1 aliphatic rings. The molecule has 0 bridgehead atoms. The Kier molecular flexibility index (Phi) is 4.61. The number of aryl methyl sites for hydroxylation is 2. The molecule has 0 spiro atoms. The van der Waals surface area contributed by atoms with Gasteiger partial charge in [-0.05, 0) is 39.8 Å². The van der Waals surface area contributed by atoms with E-state index in [2.05, 4.69) is 11.8 Å². The van der Waals surface area contributed by atoms with Crippen molar-refractivity contribution in [3.05, 3.63) is 22.6 Å². The molecule has 0 saturated carbocycles. The van der Waals surface area contributed by atoms with E-state index in [1.54, 1.807) is 28.1 Å². The zero-order valence-electron chi connectivity index (χ0n) is 16.9. The summed E-state index contributed by atoms with van der Waals surface area (Å²) in [6.07, 6.45) is -0.289. The zero-order valence-corrected chi connectivity index (χ0v) is 16.9. The van der Waals surface area contributed by atoms with Crippen LogP contribution in [0.2, 0.25) is 0 Å². The summed E-state index contributed by atoms with van der Waals surface area (Å²) in [5.41, 5.74) is 8.89. The molecule has 3 rings (SSSR count). The summed E-state index contributed by atoms with van der Waals surface area (Å²) in [4.78, 5) is 28.5. The number of nitrogens with zero attached hydrogens (tertiary/aromatic N) is 4. The molecular formula is C19H29N5O3. The van der Waals surface area contributed by atoms with Crippen molar-refractivity contribution in [2.45, 2.75) is 39.3 Å². The molecule has 1 saturated heterocycles. The fraction of sp³-hybridized carbons (Fsp3) is 0.579. The van der Waals surface area contributed by atoms with Crippen LogP contribution < -0.4 is 16.3 Å². The van der Waals surface area contributed by atoms with Gasteiger partial charge >= 0.3 is 11.8 Å². The van der Waals surface area contributed by atoms with Crippen LogP contribution in [-0.4, -0.2) is 51.4 Å². The number of carbonyl (C=O) groups excluding carboxylic acids is 1. The summed E-state index contributed by atoms with van der Waals surface area (Å²) in [5, 5.41) is 0. The molecule has 2 aromatic rings. The summed E-state index contributed by atoms with van der Waals surface area (Å²) in [6, 6.07) is 3.89. The molecule has 1 unspecified atom stereocenters. The summed E-state index contributed by atoms with van der Waals surface area (Å²) in [5.74, 6) is 0. The Labute approximate surface area is 159 Å². The first-order valence-corrected chi connectivity index (χ1v) is 9.19. The van der Waals surface area contributed by atoms with Gasteiger partial charge in [0.05, 0.1) is 22.4 Å². The monoisotopic (exact) mass is 375 g/mol. The van der Waals surface area contributed by atoms with Crippen LogP contribution in [0.1, 0.15) is 27.7 Å². The second-order valence-electron chi connectivity index (χ2n) is 8.27. The summed E-state index contributed by atoms with van der Waals surface area (Å²) in [6.45, 7) is 9.42. The number of imidazole rings is 1. The number of piperazine rings is 1. The molecule has 1 atom stereocenters. The third-order valence-electron chi connectivity index (χ3n) is 5.01. The van der Waals surface area contributed by atoms with Crippen molar-refractivity contribution in [1.82, 2.24) is 14.0 Å². The van der Waals surface area contributed by atoms with Gasteiger partial charge in [0.2, 0.25) is 0 Å². The van der Waals surface area contributed by atoms with E-state index in [-0.39, 0.29) is 17.8 Å². The maximum Gasteiger partial charge on any atom is 0.410 e. The van der Waals surface area contributed by atoms with Crippen molar-refractivity contribution in [3.8, 4) is 0 Å². The van der Waals surface area contributed by atoms with Gasteiger partial charge in [0.1, 0.15) is 5.60 Å². The van der Waals surface area contributed by atoms with Gasteiger partial charge in [-0.3, -0.25) is 9.13 Å². The first kappa shape index (κ1) is 19.1. The Morgan fingerprint density at radius 3 is 2.30 bits per heavy atom. The summed E-state index contributed by atoms with van der Waals surface area (Å²) >= 11 is 0. The number of anilines is 2. The Balaban J connectivity index is 1.86. The van der Waals surface area contributed by atoms with E-state index in [1.165, 1.54) is 0 Å². The average Bonchev–Trinajstić information content (AvgIpc) is 2.77. The maximum atomic E-state index is 12.3. The molecule has 1 aromatic carbocycles. The summed E-state index contributed by atoms with van der Waals surface area (Å²) < 4.78 is 8.70. The van der Waals surface area contributed by atoms with Gasteiger partial charge in [0.15, 0.2) is 0 Å². The lowest BCUT2D eigenvalue weighted by Crippen LogP contribution is -2.54. The van der Waals surface area contributed by atoms with E-state index >= 15 is 0 Å². The number of ether oxygens (including phenoxy) is 1. The average molecular weight is 375 g/mol. The molecular weight excluding hydrogens is 346 g/mol. The van der Waals surface area contributed by atoms with E-state index in [0.717, 1.165) is 16.7 Å². The minimum Gasteiger partial charge on any atom is -0.444 e. The number of benzene rings is 1. The lowest BCUT2D eigenvalue weighted by Gasteiger charge is -2.41. The lowest BCUT2D eigenvalue weighted by atomic mass is 10.1. The van der Waals surface area contributed by atoms with E-state index in [0.29, 0.717) is 25.3 Å². The molecule has 1 aromatic heterocycles. The van der Waals surface area contributed by atoms with Crippen LogP contribution in [0, 0.1) is 0 Å². The SMILES string of the molecule is CC1CN(C(=O)OC(C)(C)C)CCN1c1cc2c(cc1N)n(C)c(=O)n2C. The number of carbonyl (C=O) groups is 1. The molecule has 27 heavy (non-hydrogen) atoms. The molecule has 1 aliphatic heterocycles. The van der Waals surface area contributed by atoms with Gasteiger partial charge in [-0.15, -0.1) is 0 Å². The standard InChI is InChI=1S/C19H29N5O3/c1-12-11-23(18(26)27-19(2,3)4)7-8-24(12)14-10-16-15(9-13(14)20)21(5)17(25)22(16)6/h9-10,12H,7-8,11,20H2,1-6H3. The van der Waals surface area contributed by atoms with E-state index in [1.807, 2.05) is 32.9 Å². The van der Waals surface area contributed by atoms with Gasteiger partial charge < -0.3 is 20.3 Å². The quantitative estimate of drug-likeness (QED) is 0.770. The van der Waals surface area contributed by atoms with Crippen molar-refractivity contribution >= 4 is 28.5 Å². The molecule has 0 aliphatic carbocycles. The number of amides is 1. The molecule has 148 valence electrons. The number of rotatable bonds is 1.